The number of aromatic nitrogens is 3. The number of pyridine rings is 1. The van der Waals surface area contributed by atoms with Gasteiger partial charge in [-0.15, -0.1) is 0 Å². The summed E-state index contributed by atoms with van der Waals surface area (Å²) in [5.74, 6) is 0.774. The molecule has 4 heterocycles. The van der Waals surface area contributed by atoms with Gasteiger partial charge in [-0.25, -0.2) is 4.79 Å². The van der Waals surface area contributed by atoms with E-state index in [0.717, 1.165) is 6.42 Å². The van der Waals surface area contributed by atoms with Crippen molar-refractivity contribution in [3.63, 3.8) is 0 Å². The molecule has 1 unspecified atom stereocenters. The van der Waals surface area contributed by atoms with Gasteiger partial charge in [0.05, 0.1) is 6.61 Å². The molecule has 3 aromatic heterocycles. The highest BCUT2D eigenvalue weighted by atomic mass is 16.5. The molecule has 0 bridgehead atoms. The minimum atomic E-state index is -0.648. The van der Waals surface area contributed by atoms with Crippen molar-refractivity contribution in [2.24, 2.45) is 0 Å². The topological polar surface area (TPSA) is 112 Å². The predicted octanol–water partition coefficient (Wildman–Crippen LogP) is 2.17. The number of nitrogens with zero attached hydrogens (tertiary/aromatic N) is 4. The molecule has 1 aliphatic heterocycles. The van der Waals surface area contributed by atoms with Crippen LogP contribution in [0.5, 0.6) is 0 Å². The molecular formula is C20H20N4O5. The summed E-state index contributed by atoms with van der Waals surface area (Å²) in [7, 11) is 1.56. The minimum absolute atomic E-state index is 0.00200. The average Bonchev–Trinajstić information content (AvgIpc) is 3.40. The second-order valence-corrected chi connectivity index (χ2v) is 6.97. The van der Waals surface area contributed by atoms with Crippen molar-refractivity contribution in [1.29, 1.82) is 0 Å². The van der Waals surface area contributed by atoms with Crippen molar-refractivity contribution >= 4 is 5.91 Å². The Balaban J connectivity index is 1.51. The van der Waals surface area contributed by atoms with E-state index in [1.165, 1.54) is 4.90 Å². The van der Waals surface area contributed by atoms with Gasteiger partial charge in [0, 0.05) is 37.5 Å². The Morgan fingerprint density at radius 2 is 2.24 bits per heavy atom. The van der Waals surface area contributed by atoms with Crippen LogP contribution < -0.4 is 5.63 Å². The molecule has 0 aliphatic carbocycles. The lowest BCUT2D eigenvalue weighted by Crippen LogP contribution is -2.31. The summed E-state index contributed by atoms with van der Waals surface area (Å²) in [5.41, 5.74) is 0.633. The zero-order valence-electron chi connectivity index (χ0n) is 16.1. The second-order valence-electron chi connectivity index (χ2n) is 6.97. The van der Waals surface area contributed by atoms with E-state index in [1.54, 1.807) is 38.5 Å². The van der Waals surface area contributed by atoms with Crippen molar-refractivity contribution in [2.75, 3.05) is 20.3 Å². The van der Waals surface area contributed by atoms with Gasteiger partial charge in [-0.05, 0) is 37.1 Å². The van der Waals surface area contributed by atoms with E-state index in [2.05, 4.69) is 15.1 Å². The molecule has 1 saturated heterocycles. The van der Waals surface area contributed by atoms with Crippen LogP contribution in [0.2, 0.25) is 0 Å². The summed E-state index contributed by atoms with van der Waals surface area (Å²) < 4.78 is 16.0. The van der Waals surface area contributed by atoms with Crippen molar-refractivity contribution in [2.45, 2.75) is 25.8 Å². The first-order valence-electron chi connectivity index (χ1n) is 9.23. The Morgan fingerprint density at radius 3 is 2.93 bits per heavy atom. The number of hydrogen-bond donors (Lipinski definition) is 0. The molecule has 4 rings (SSSR count). The SMILES string of the molecule is Cc1cc(C2CCOC2)oc(=O)c1C(=O)N(C)Cc1nc(-c2cccnc2)no1. The maximum Gasteiger partial charge on any atom is 0.349 e. The van der Waals surface area contributed by atoms with Gasteiger partial charge in [0.25, 0.3) is 5.91 Å². The quantitative estimate of drug-likeness (QED) is 0.645. The molecule has 9 heteroatoms. The number of rotatable bonds is 5. The molecule has 29 heavy (non-hydrogen) atoms. The van der Waals surface area contributed by atoms with Crippen LogP contribution in [-0.2, 0) is 11.3 Å². The van der Waals surface area contributed by atoms with Gasteiger partial charge < -0.3 is 18.6 Å². The van der Waals surface area contributed by atoms with Crippen LogP contribution in [0, 0.1) is 6.92 Å². The van der Waals surface area contributed by atoms with Crippen LogP contribution in [0.4, 0.5) is 0 Å². The normalized spacial score (nSPS) is 16.1. The largest absolute Gasteiger partial charge is 0.427 e. The molecule has 150 valence electrons. The highest BCUT2D eigenvalue weighted by Crippen LogP contribution is 2.25. The Morgan fingerprint density at radius 1 is 1.38 bits per heavy atom. The molecule has 1 amide bonds. The van der Waals surface area contributed by atoms with E-state index in [0.29, 0.717) is 35.9 Å². The molecule has 0 aromatic carbocycles. The molecule has 1 fully saturated rings. The van der Waals surface area contributed by atoms with Gasteiger partial charge in [0.1, 0.15) is 17.9 Å². The van der Waals surface area contributed by atoms with Gasteiger partial charge in [0.15, 0.2) is 0 Å². The second kappa shape index (κ2) is 7.96. The molecule has 0 N–H and O–H groups in total. The lowest BCUT2D eigenvalue weighted by atomic mass is 10.0. The molecule has 0 saturated carbocycles. The first-order valence-corrected chi connectivity index (χ1v) is 9.23. The van der Waals surface area contributed by atoms with E-state index < -0.39 is 11.5 Å². The number of ether oxygens (including phenoxy) is 1. The van der Waals surface area contributed by atoms with Gasteiger partial charge in [-0.2, -0.15) is 4.98 Å². The maximum absolute atomic E-state index is 12.8. The number of carbonyl (C=O) groups is 1. The Bertz CT molecular complexity index is 1070. The summed E-state index contributed by atoms with van der Waals surface area (Å²) in [6.45, 7) is 2.95. The molecule has 0 spiro atoms. The lowest BCUT2D eigenvalue weighted by molar-refractivity contribution is 0.0763. The van der Waals surface area contributed by atoms with Crippen molar-refractivity contribution in [3.8, 4) is 11.4 Å². The number of hydrogen-bond acceptors (Lipinski definition) is 8. The maximum atomic E-state index is 12.8. The summed E-state index contributed by atoms with van der Waals surface area (Å²) >= 11 is 0. The first kappa shape index (κ1) is 19.0. The third-order valence-electron chi connectivity index (χ3n) is 4.82. The summed E-state index contributed by atoms with van der Waals surface area (Å²) in [4.78, 5) is 35.0. The number of carbonyl (C=O) groups excluding carboxylic acids is 1. The lowest BCUT2D eigenvalue weighted by Gasteiger charge is -2.16. The fourth-order valence-electron chi connectivity index (χ4n) is 3.25. The Labute approximate surface area is 166 Å². The summed E-state index contributed by atoms with van der Waals surface area (Å²) in [6.07, 6.45) is 4.07. The van der Waals surface area contributed by atoms with E-state index in [-0.39, 0.29) is 23.9 Å². The Hall–Kier alpha value is -3.33. The summed E-state index contributed by atoms with van der Waals surface area (Å²) in [5, 5.41) is 3.91. The van der Waals surface area contributed by atoms with Crippen LogP contribution in [-0.4, -0.2) is 46.2 Å². The third-order valence-corrected chi connectivity index (χ3v) is 4.82. The number of amides is 1. The minimum Gasteiger partial charge on any atom is -0.427 e. The molecule has 3 aromatic rings. The Kier molecular flexibility index (Phi) is 5.22. The predicted molar refractivity (Wildman–Crippen MR) is 101 cm³/mol. The van der Waals surface area contributed by atoms with Crippen LogP contribution >= 0.6 is 0 Å². The molecule has 0 radical (unpaired) electrons. The van der Waals surface area contributed by atoms with Gasteiger partial charge in [-0.1, -0.05) is 5.16 Å². The molecule has 9 nitrogen and oxygen atoms in total. The smallest absolute Gasteiger partial charge is 0.349 e. The van der Waals surface area contributed by atoms with Gasteiger partial charge >= 0.3 is 5.63 Å². The number of aryl methyl sites for hydroxylation is 1. The monoisotopic (exact) mass is 396 g/mol. The fraction of sp³-hybridized carbons (Fsp3) is 0.350. The fourth-order valence-corrected chi connectivity index (χ4v) is 3.25. The highest BCUT2D eigenvalue weighted by Gasteiger charge is 2.26. The molecule has 1 aliphatic rings. The van der Waals surface area contributed by atoms with Gasteiger partial charge in [0.2, 0.25) is 11.7 Å². The van der Waals surface area contributed by atoms with Crippen molar-refractivity contribution < 1.29 is 18.5 Å². The van der Waals surface area contributed by atoms with Crippen LogP contribution in [0.3, 0.4) is 0 Å². The standard InChI is InChI=1S/C20H20N4O5/c1-12-8-15(14-5-7-27-11-14)28-20(26)17(12)19(25)24(2)10-16-22-18(23-29-16)13-4-3-6-21-9-13/h3-4,6,8-9,14H,5,7,10-11H2,1-2H3. The highest BCUT2D eigenvalue weighted by molar-refractivity contribution is 5.94. The van der Waals surface area contributed by atoms with E-state index >= 15 is 0 Å². The van der Waals surface area contributed by atoms with Gasteiger partial charge in [-0.3, -0.25) is 9.78 Å². The van der Waals surface area contributed by atoms with Crippen LogP contribution in [0.1, 0.15) is 39.9 Å². The van der Waals surface area contributed by atoms with Crippen LogP contribution in [0.15, 0.2) is 44.3 Å². The van der Waals surface area contributed by atoms with Crippen molar-refractivity contribution in [3.05, 3.63) is 63.8 Å². The zero-order chi connectivity index (χ0) is 20.4. The summed E-state index contributed by atoms with van der Waals surface area (Å²) in [6, 6.07) is 5.32. The van der Waals surface area contributed by atoms with E-state index in [1.807, 2.05) is 6.07 Å². The van der Waals surface area contributed by atoms with Crippen molar-refractivity contribution in [1.82, 2.24) is 20.0 Å². The average molecular weight is 396 g/mol. The van der Waals surface area contributed by atoms with E-state index in [9.17, 15) is 9.59 Å². The molecule has 1 atom stereocenters. The first-order chi connectivity index (χ1) is 14.0. The molecular weight excluding hydrogens is 376 g/mol. The third kappa shape index (κ3) is 3.95. The van der Waals surface area contributed by atoms with E-state index in [4.69, 9.17) is 13.7 Å². The van der Waals surface area contributed by atoms with Crippen LogP contribution in [0.25, 0.3) is 11.4 Å². The zero-order valence-corrected chi connectivity index (χ0v) is 16.1.